The summed E-state index contributed by atoms with van der Waals surface area (Å²) in [5, 5.41) is 3.16. The van der Waals surface area contributed by atoms with Gasteiger partial charge in [-0.3, -0.25) is 0 Å². The Morgan fingerprint density at radius 1 is 1.47 bits per heavy atom. The maximum Gasteiger partial charge on any atom is 0.320 e. The van der Waals surface area contributed by atoms with Crippen LogP contribution in [0, 0.1) is 0 Å². The molecule has 0 aromatic carbocycles. The average Bonchev–Trinajstić information content (AvgIpc) is 2.68. The number of carbonyl (C=O) groups excluding carboxylic acids is 1. The quantitative estimate of drug-likeness (QED) is 0.760. The number of likely N-dealkylation sites (N-methyl/N-ethyl adjacent to an activating group) is 1. The first-order valence-corrected chi connectivity index (χ1v) is 5.94. The summed E-state index contributed by atoms with van der Waals surface area (Å²) in [4.78, 5) is 16.0. The zero-order chi connectivity index (χ0) is 11.3. The van der Waals surface area contributed by atoms with E-state index >= 15 is 0 Å². The third-order valence-corrected chi connectivity index (χ3v) is 3.10. The fraction of sp³-hybridized carbons (Fsp3) is 0.909. The molecular weight excluding hydrogens is 190 g/mol. The van der Waals surface area contributed by atoms with E-state index in [0.29, 0.717) is 6.04 Å². The van der Waals surface area contributed by atoms with Crippen molar-refractivity contribution in [3.05, 3.63) is 0 Å². The molecule has 88 valence electrons. The van der Waals surface area contributed by atoms with Gasteiger partial charge in [0.15, 0.2) is 0 Å². The number of hydrogen-bond donors (Lipinski definition) is 1. The molecule has 4 heteroatoms. The van der Waals surface area contributed by atoms with Gasteiger partial charge in [0.05, 0.1) is 0 Å². The van der Waals surface area contributed by atoms with Gasteiger partial charge < -0.3 is 15.1 Å². The molecule has 1 atom stereocenters. The third kappa shape index (κ3) is 2.84. The highest BCUT2D eigenvalue weighted by atomic mass is 16.2. The molecule has 0 aromatic heterocycles. The molecule has 1 N–H and O–H groups in total. The normalized spacial score (nSPS) is 20.7. The predicted molar refractivity (Wildman–Crippen MR) is 62.0 cm³/mol. The lowest BCUT2D eigenvalue weighted by Crippen LogP contribution is -2.47. The van der Waals surface area contributed by atoms with Crippen LogP contribution in [0.15, 0.2) is 0 Å². The standard InChI is InChI=1S/C11H23N3O/c1-4-13(5-2)11(15)14-8-6-7-10(14)9-12-3/h10,12H,4-9H2,1-3H3. The van der Waals surface area contributed by atoms with Gasteiger partial charge in [-0.1, -0.05) is 0 Å². The summed E-state index contributed by atoms with van der Waals surface area (Å²) in [5.74, 6) is 0. The number of nitrogens with one attached hydrogen (secondary N) is 1. The van der Waals surface area contributed by atoms with Crippen molar-refractivity contribution in [2.75, 3.05) is 33.2 Å². The van der Waals surface area contributed by atoms with Crippen LogP contribution in [0.3, 0.4) is 0 Å². The van der Waals surface area contributed by atoms with Crippen molar-refractivity contribution in [3.63, 3.8) is 0 Å². The van der Waals surface area contributed by atoms with Gasteiger partial charge in [-0.2, -0.15) is 0 Å². The van der Waals surface area contributed by atoms with Crippen molar-refractivity contribution >= 4 is 6.03 Å². The largest absolute Gasteiger partial charge is 0.325 e. The molecule has 1 unspecified atom stereocenters. The Kier molecular flexibility index (Phi) is 4.88. The molecule has 1 fully saturated rings. The topological polar surface area (TPSA) is 35.6 Å². The van der Waals surface area contributed by atoms with Crippen molar-refractivity contribution < 1.29 is 4.79 Å². The van der Waals surface area contributed by atoms with E-state index in [2.05, 4.69) is 5.32 Å². The van der Waals surface area contributed by atoms with Crippen LogP contribution in [0.25, 0.3) is 0 Å². The summed E-state index contributed by atoms with van der Waals surface area (Å²) in [6.07, 6.45) is 2.27. The molecule has 0 aliphatic carbocycles. The van der Waals surface area contributed by atoms with Gasteiger partial charge in [0, 0.05) is 32.2 Å². The smallest absolute Gasteiger partial charge is 0.320 e. The number of hydrogen-bond acceptors (Lipinski definition) is 2. The highest BCUT2D eigenvalue weighted by molar-refractivity contribution is 5.75. The lowest BCUT2D eigenvalue weighted by molar-refractivity contribution is 0.152. The summed E-state index contributed by atoms with van der Waals surface area (Å²) in [7, 11) is 1.94. The summed E-state index contributed by atoms with van der Waals surface area (Å²) in [5.41, 5.74) is 0. The number of carbonyl (C=O) groups is 1. The summed E-state index contributed by atoms with van der Waals surface area (Å²) in [6, 6.07) is 0.598. The van der Waals surface area contributed by atoms with E-state index < -0.39 is 0 Å². The van der Waals surface area contributed by atoms with E-state index in [0.717, 1.165) is 39.0 Å². The van der Waals surface area contributed by atoms with Gasteiger partial charge in [-0.05, 0) is 33.7 Å². The molecule has 1 heterocycles. The number of nitrogens with zero attached hydrogens (tertiary/aromatic N) is 2. The molecule has 1 rings (SSSR count). The Hall–Kier alpha value is -0.770. The Morgan fingerprint density at radius 2 is 2.13 bits per heavy atom. The third-order valence-electron chi connectivity index (χ3n) is 3.10. The van der Waals surface area contributed by atoms with Crippen molar-refractivity contribution in [2.45, 2.75) is 32.7 Å². The molecule has 0 aromatic rings. The van der Waals surface area contributed by atoms with Crippen molar-refractivity contribution in [1.29, 1.82) is 0 Å². The summed E-state index contributed by atoms with van der Waals surface area (Å²) in [6.45, 7) is 7.50. The van der Waals surface area contributed by atoms with Gasteiger partial charge >= 0.3 is 6.03 Å². The zero-order valence-electron chi connectivity index (χ0n) is 10.1. The number of amides is 2. The van der Waals surface area contributed by atoms with Gasteiger partial charge in [0.1, 0.15) is 0 Å². The Labute approximate surface area is 92.6 Å². The molecule has 0 radical (unpaired) electrons. The van der Waals surface area contributed by atoms with E-state index in [-0.39, 0.29) is 6.03 Å². The number of likely N-dealkylation sites (tertiary alicyclic amines) is 1. The molecule has 2 amide bonds. The molecule has 0 bridgehead atoms. The second-order valence-electron chi connectivity index (χ2n) is 4.00. The second kappa shape index (κ2) is 5.95. The predicted octanol–water partition coefficient (Wildman–Crippen LogP) is 1.13. The number of urea groups is 1. The fourth-order valence-electron chi connectivity index (χ4n) is 2.21. The minimum absolute atomic E-state index is 0.206. The van der Waals surface area contributed by atoms with E-state index in [1.165, 1.54) is 0 Å². The van der Waals surface area contributed by atoms with Crippen LogP contribution in [0.1, 0.15) is 26.7 Å². The van der Waals surface area contributed by atoms with E-state index in [4.69, 9.17) is 0 Å². The second-order valence-corrected chi connectivity index (χ2v) is 4.00. The fourth-order valence-corrected chi connectivity index (χ4v) is 2.21. The van der Waals surface area contributed by atoms with Crippen LogP contribution in [0.2, 0.25) is 0 Å². The van der Waals surface area contributed by atoms with Crippen molar-refractivity contribution in [1.82, 2.24) is 15.1 Å². The first kappa shape index (κ1) is 12.3. The van der Waals surface area contributed by atoms with Crippen LogP contribution in [0.4, 0.5) is 4.79 Å². The highest BCUT2D eigenvalue weighted by Gasteiger charge is 2.30. The maximum atomic E-state index is 12.1. The molecule has 1 aliphatic heterocycles. The van der Waals surface area contributed by atoms with E-state index in [1.807, 2.05) is 30.7 Å². The lowest BCUT2D eigenvalue weighted by atomic mass is 10.2. The number of rotatable bonds is 4. The Balaban J connectivity index is 2.57. The van der Waals surface area contributed by atoms with E-state index in [9.17, 15) is 4.79 Å². The van der Waals surface area contributed by atoms with Gasteiger partial charge in [-0.25, -0.2) is 4.79 Å². The SMILES string of the molecule is CCN(CC)C(=O)N1CCCC1CNC. The average molecular weight is 213 g/mol. The first-order chi connectivity index (χ1) is 7.24. The Morgan fingerprint density at radius 3 is 2.67 bits per heavy atom. The van der Waals surface area contributed by atoms with Gasteiger partial charge in [0.2, 0.25) is 0 Å². The molecule has 0 saturated carbocycles. The van der Waals surface area contributed by atoms with Crippen LogP contribution in [-0.4, -0.2) is 55.1 Å². The molecule has 1 saturated heterocycles. The van der Waals surface area contributed by atoms with E-state index in [1.54, 1.807) is 0 Å². The molecular formula is C11H23N3O. The first-order valence-electron chi connectivity index (χ1n) is 5.94. The van der Waals surface area contributed by atoms with Crippen molar-refractivity contribution in [2.24, 2.45) is 0 Å². The highest BCUT2D eigenvalue weighted by Crippen LogP contribution is 2.18. The van der Waals surface area contributed by atoms with Gasteiger partial charge in [-0.15, -0.1) is 0 Å². The van der Waals surface area contributed by atoms with Crippen LogP contribution in [-0.2, 0) is 0 Å². The maximum absolute atomic E-state index is 12.1. The summed E-state index contributed by atoms with van der Waals surface area (Å²) < 4.78 is 0. The zero-order valence-corrected chi connectivity index (χ0v) is 10.1. The van der Waals surface area contributed by atoms with Crippen LogP contribution < -0.4 is 5.32 Å². The molecule has 0 spiro atoms. The van der Waals surface area contributed by atoms with Crippen LogP contribution >= 0.6 is 0 Å². The summed E-state index contributed by atoms with van der Waals surface area (Å²) >= 11 is 0. The Bertz CT molecular complexity index is 204. The van der Waals surface area contributed by atoms with Crippen LogP contribution in [0.5, 0.6) is 0 Å². The lowest BCUT2D eigenvalue weighted by Gasteiger charge is -2.30. The molecule has 15 heavy (non-hydrogen) atoms. The van der Waals surface area contributed by atoms with Gasteiger partial charge in [0.25, 0.3) is 0 Å². The molecule has 4 nitrogen and oxygen atoms in total. The monoisotopic (exact) mass is 213 g/mol. The van der Waals surface area contributed by atoms with Crippen molar-refractivity contribution in [3.8, 4) is 0 Å². The minimum atomic E-state index is 0.206. The minimum Gasteiger partial charge on any atom is -0.325 e. The molecule has 1 aliphatic rings.